The average Bonchev–Trinajstić information content (AvgIpc) is 3.20. The number of methoxy groups -OCH3 is 1. The summed E-state index contributed by atoms with van der Waals surface area (Å²) in [6.07, 6.45) is 3.49. The van der Waals surface area contributed by atoms with E-state index in [9.17, 15) is 4.79 Å². The van der Waals surface area contributed by atoms with Gasteiger partial charge in [0.15, 0.2) is 5.13 Å². The molecule has 0 fully saturated rings. The lowest BCUT2D eigenvalue weighted by Gasteiger charge is -2.20. The smallest absolute Gasteiger partial charge is 0.260 e. The van der Waals surface area contributed by atoms with Crippen LogP contribution in [0.5, 0.6) is 5.75 Å². The van der Waals surface area contributed by atoms with E-state index in [-0.39, 0.29) is 5.91 Å². The second-order valence-corrected chi connectivity index (χ2v) is 8.03. The topological polar surface area (TPSA) is 58.6 Å². The molecule has 0 atom stereocenters. The zero-order chi connectivity index (χ0) is 21.1. The molecule has 6 nitrogen and oxygen atoms in total. The molecule has 0 spiro atoms. The molecular weight excluding hydrogens is 396 g/mol. The van der Waals surface area contributed by atoms with Crippen molar-refractivity contribution in [3.8, 4) is 5.75 Å². The summed E-state index contributed by atoms with van der Waals surface area (Å²) in [4.78, 5) is 26.1. The van der Waals surface area contributed by atoms with Crippen LogP contribution in [0.2, 0.25) is 0 Å². The van der Waals surface area contributed by atoms with Crippen molar-refractivity contribution in [3.05, 3.63) is 78.1 Å². The van der Waals surface area contributed by atoms with Gasteiger partial charge in [-0.25, -0.2) is 4.98 Å². The van der Waals surface area contributed by atoms with Gasteiger partial charge in [-0.05, 0) is 48.0 Å². The summed E-state index contributed by atoms with van der Waals surface area (Å²) in [5.74, 6) is 0.638. The Bertz CT molecular complexity index is 1160. The fourth-order valence-corrected chi connectivity index (χ4v) is 4.04. The molecule has 4 aromatic rings. The van der Waals surface area contributed by atoms with Crippen LogP contribution in [0.3, 0.4) is 0 Å². The number of hydrogen-bond acceptors (Lipinski definition) is 6. The largest absolute Gasteiger partial charge is 0.497 e. The summed E-state index contributed by atoms with van der Waals surface area (Å²) in [7, 11) is 5.58. The molecule has 0 N–H and O–H groups in total. The number of benzene rings is 2. The Hall–Kier alpha value is -3.45. The van der Waals surface area contributed by atoms with Crippen LogP contribution in [0.1, 0.15) is 15.9 Å². The van der Waals surface area contributed by atoms with Crippen LogP contribution >= 0.6 is 11.3 Å². The molecule has 2 aromatic carbocycles. The van der Waals surface area contributed by atoms with Gasteiger partial charge in [-0.15, -0.1) is 0 Å². The fraction of sp³-hybridized carbons (Fsp3) is 0.174. The number of pyridine rings is 1. The number of anilines is 2. The molecule has 0 aliphatic rings. The first kappa shape index (κ1) is 19.8. The van der Waals surface area contributed by atoms with Crippen molar-refractivity contribution in [2.24, 2.45) is 0 Å². The van der Waals surface area contributed by atoms with Crippen molar-refractivity contribution < 1.29 is 9.53 Å². The second kappa shape index (κ2) is 8.51. The number of carbonyl (C=O) groups excluding carboxylic acids is 1. The van der Waals surface area contributed by atoms with Gasteiger partial charge in [-0.2, -0.15) is 0 Å². The predicted octanol–water partition coefficient (Wildman–Crippen LogP) is 4.61. The standard InChI is InChI=1S/C23H22N4O2S/c1-26(2)18-8-6-17(7-9-18)22(28)27(15-16-5-4-12-24-14-16)23-25-20-13-19(29-3)10-11-21(20)30-23/h4-14H,15H2,1-3H3. The lowest BCUT2D eigenvalue weighted by Crippen LogP contribution is -2.30. The maximum atomic E-state index is 13.5. The number of ether oxygens (including phenoxy) is 1. The van der Waals surface area contributed by atoms with E-state index >= 15 is 0 Å². The van der Waals surface area contributed by atoms with Gasteiger partial charge in [0.2, 0.25) is 0 Å². The number of nitrogens with zero attached hydrogens (tertiary/aromatic N) is 4. The summed E-state index contributed by atoms with van der Waals surface area (Å²) in [6, 6.07) is 17.2. The summed E-state index contributed by atoms with van der Waals surface area (Å²) in [5.41, 5.74) is 3.40. The summed E-state index contributed by atoms with van der Waals surface area (Å²) < 4.78 is 6.30. The number of fused-ring (bicyclic) bond motifs is 1. The summed E-state index contributed by atoms with van der Waals surface area (Å²) in [5, 5.41) is 0.642. The third-order valence-corrected chi connectivity index (χ3v) is 5.81. The molecule has 0 bridgehead atoms. The van der Waals surface area contributed by atoms with Crippen molar-refractivity contribution >= 4 is 38.3 Å². The number of hydrogen-bond donors (Lipinski definition) is 0. The van der Waals surface area contributed by atoms with E-state index in [2.05, 4.69) is 4.98 Å². The second-order valence-electron chi connectivity index (χ2n) is 7.02. The first-order valence-electron chi connectivity index (χ1n) is 9.48. The van der Waals surface area contributed by atoms with Gasteiger partial charge in [-0.1, -0.05) is 17.4 Å². The van der Waals surface area contributed by atoms with Crippen molar-refractivity contribution in [1.29, 1.82) is 0 Å². The van der Waals surface area contributed by atoms with Gasteiger partial charge in [0.25, 0.3) is 5.91 Å². The number of rotatable bonds is 6. The maximum Gasteiger partial charge on any atom is 0.260 e. The Morgan fingerprint density at radius 1 is 1.10 bits per heavy atom. The Balaban J connectivity index is 1.73. The van der Waals surface area contributed by atoms with Crippen LogP contribution in [0.4, 0.5) is 10.8 Å². The normalized spacial score (nSPS) is 10.8. The van der Waals surface area contributed by atoms with E-state index in [0.717, 1.165) is 27.2 Å². The number of amides is 1. The van der Waals surface area contributed by atoms with E-state index in [1.165, 1.54) is 11.3 Å². The highest BCUT2D eigenvalue weighted by molar-refractivity contribution is 7.22. The summed E-state index contributed by atoms with van der Waals surface area (Å²) in [6.45, 7) is 0.388. The van der Waals surface area contributed by atoms with Crippen molar-refractivity contribution in [3.63, 3.8) is 0 Å². The molecule has 0 aliphatic heterocycles. The molecule has 0 radical (unpaired) electrons. The van der Waals surface area contributed by atoms with Crippen LogP contribution in [-0.4, -0.2) is 37.1 Å². The Morgan fingerprint density at radius 3 is 2.57 bits per heavy atom. The Labute approximate surface area is 179 Å². The van der Waals surface area contributed by atoms with Crippen LogP contribution < -0.4 is 14.5 Å². The lowest BCUT2D eigenvalue weighted by molar-refractivity contribution is 0.0985. The van der Waals surface area contributed by atoms with Crippen molar-refractivity contribution in [2.45, 2.75) is 6.54 Å². The molecule has 0 saturated carbocycles. The monoisotopic (exact) mass is 418 g/mol. The minimum atomic E-state index is -0.102. The maximum absolute atomic E-state index is 13.5. The highest BCUT2D eigenvalue weighted by Crippen LogP contribution is 2.33. The number of carbonyl (C=O) groups is 1. The van der Waals surface area contributed by atoms with Crippen LogP contribution in [0, 0.1) is 0 Å². The first-order valence-corrected chi connectivity index (χ1v) is 10.3. The first-order chi connectivity index (χ1) is 14.5. The molecule has 4 rings (SSSR count). The van der Waals surface area contributed by atoms with Gasteiger partial charge < -0.3 is 9.64 Å². The van der Waals surface area contributed by atoms with Crippen LogP contribution in [0.25, 0.3) is 10.2 Å². The van der Waals surface area contributed by atoms with E-state index in [0.29, 0.717) is 17.2 Å². The number of aromatic nitrogens is 2. The Kier molecular flexibility index (Phi) is 5.63. The predicted molar refractivity (Wildman–Crippen MR) is 122 cm³/mol. The zero-order valence-electron chi connectivity index (χ0n) is 17.1. The minimum Gasteiger partial charge on any atom is -0.497 e. The highest BCUT2D eigenvalue weighted by Gasteiger charge is 2.22. The molecule has 0 unspecified atom stereocenters. The van der Waals surface area contributed by atoms with E-state index < -0.39 is 0 Å². The fourth-order valence-electron chi connectivity index (χ4n) is 3.10. The minimum absolute atomic E-state index is 0.102. The van der Waals surface area contributed by atoms with E-state index in [1.54, 1.807) is 24.4 Å². The molecule has 1 amide bonds. The average molecular weight is 419 g/mol. The highest BCUT2D eigenvalue weighted by atomic mass is 32.1. The van der Waals surface area contributed by atoms with Crippen LogP contribution in [0.15, 0.2) is 67.0 Å². The molecule has 0 saturated heterocycles. The third-order valence-electron chi connectivity index (χ3n) is 4.75. The molecule has 152 valence electrons. The van der Waals surface area contributed by atoms with Gasteiger partial charge in [0, 0.05) is 43.8 Å². The van der Waals surface area contributed by atoms with Gasteiger partial charge in [0.1, 0.15) is 5.75 Å². The Morgan fingerprint density at radius 2 is 1.90 bits per heavy atom. The number of thiazole rings is 1. The molecule has 2 heterocycles. The molecule has 0 aliphatic carbocycles. The molecule has 2 aromatic heterocycles. The van der Waals surface area contributed by atoms with Crippen LogP contribution in [-0.2, 0) is 6.54 Å². The quantitative estimate of drug-likeness (QED) is 0.458. The summed E-state index contributed by atoms with van der Waals surface area (Å²) >= 11 is 1.48. The van der Waals surface area contributed by atoms with Crippen molar-refractivity contribution in [2.75, 3.05) is 31.0 Å². The van der Waals surface area contributed by atoms with Gasteiger partial charge >= 0.3 is 0 Å². The SMILES string of the molecule is COc1ccc2sc(N(Cc3cccnc3)C(=O)c3ccc(N(C)C)cc3)nc2c1. The molecule has 7 heteroatoms. The van der Waals surface area contributed by atoms with Gasteiger partial charge in [0.05, 0.1) is 23.9 Å². The van der Waals surface area contributed by atoms with E-state index in [4.69, 9.17) is 9.72 Å². The molecule has 30 heavy (non-hydrogen) atoms. The van der Waals surface area contributed by atoms with Crippen molar-refractivity contribution in [1.82, 2.24) is 9.97 Å². The van der Waals surface area contributed by atoms with Gasteiger partial charge in [-0.3, -0.25) is 14.7 Å². The lowest BCUT2D eigenvalue weighted by atomic mass is 10.1. The molecular formula is C23H22N4O2S. The zero-order valence-corrected chi connectivity index (χ0v) is 17.9. The van der Waals surface area contributed by atoms with E-state index in [1.807, 2.05) is 73.6 Å². The third kappa shape index (κ3) is 4.11.